The second-order valence-corrected chi connectivity index (χ2v) is 8.45. The highest BCUT2D eigenvalue weighted by Crippen LogP contribution is 2.33. The van der Waals surface area contributed by atoms with Gasteiger partial charge in [-0.15, -0.1) is 0 Å². The number of carbonyl (C=O) groups is 2. The summed E-state index contributed by atoms with van der Waals surface area (Å²) in [5.74, 6) is -4.83. The largest absolute Gasteiger partial charge is 0.298 e. The zero-order valence-corrected chi connectivity index (χ0v) is 19.3. The van der Waals surface area contributed by atoms with E-state index in [1.807, 2.05) is 37.3 Å². The second kappa shape index (κ2) is 9.25. The van der Waals surface area contributed by atoms with Crippen molar-refractivity contribution in [1.29, 1.82) is 0 Å². The molecule has 3 aromatic rings. The molecule has 1 aliphatic rings. The van der Waals surface area contributed by atoms with Crippen LogP contribution in [0.2, 0.25) is 0 Å². The Morgan fingerprint density at radius 2 is 1.82 bits per heavy atom. The van der Waals surface area contributed by atoms with Gasteiger partial charge in [-0.3, -0.25) is 14.6 Å². The molecule has 0 N–H and O–H groups in total. The average molecular weight is 462 g/mol. The van der Waals surface area contributed by atoms with Crippen LogP contribution in [-0.2, 0) is 21.9 Å². The minimum atomic E-state index is -2.96. The van der Waals surface area contributed by atoms with Crippen molar-refractivity contribution in [3.05, 3.63) is 83.6 Å². The van der Waals surface area contributed by atoms with Crippen LogP contribution in [0.3, 0.4) is 0 Å². The van der Waals surface area contributed by atoms with Crippen molar-refractivity contribution in [3.8, 4) is 11.3 Å². The van der Waals surface area contributed by atoms with Crippen molar-refractivity contribution in [1.82, 2.24) is 4.98 Å². The number of hydrazone groups is 1. The van der Waals surface area contributed by atoms with E-state index < -0.39 is 17.7 Å². The number of pyridine rings is 1. The Labute approximate surface area is 197 Å². The number of halogens is 2. The van der Waals surface area contributed by atoms with Gasteiger partial charge in [-0.05, 0) is 49.2 Å². The molecule has 1 amide bonds. The summed E-state index contributed by atoms with van der Waals surface area (Å²) in [7, 11) is 0. The molecule has 0 saturated carbocycles. The van der Waals surface area contributed by atoms with E-state index >= 15 is 0 Å². The van der Waals surface area contributed by atoms with Gasteiger partial charge in [0, 0.05) is 30.2 Å². The van der Waals surface area contributed by atoms with Gasteiger partial charge < -0.3 is 0 Å². The second-order valence-electron chi connectivity index (χ2n) is 8.45. The summed E-state index contributed by atoms with van der Waals surface area (Å²) in [5.41, 5.74) is 3.86. The molecule has 2 aromatic carbocycles. The van der Waals surface area contributed by atoms with E-state index in [1.165, 1.54) is 30.1 Å². The van der Waals surface area contributed by atoms with Crippen molar-refractivity contribution in [2.45, 2.75) is 39.5 Å². The third kappa shape index (κ3) is 4.51. The highest BCUT2D eigenvalue weighted by Gasteiger charge is 2.39. The maximum absolute atomic E-state index is 14.1. The zero-order valence-electron chi connectivity index (χ0n) is 19.3. The van der Waals surface area contributed by atoms with Crippen molar-refractivity contribution in [2.24, 2.45) is 11.0 Å². The highest BCUT2D eigenvalue weighted by molar-refractivity contribution is 6.27. The summed E-state index contributed by atoms with van der Waals surface area (Å²) >= 11 is 0. The number of hydrogen-bond acceptors (Lipinski definition) is 4. The lowest BCUT2D eigenvalue weighted by atomic mass is 9.92. The molecule has 1 aliphatic heterocycles. The number of hydrogen-bond donors (Lipinski definition) is 0. The number of benzene rings is 2. The monoisotopic (exact) mass is 461 g/mol. The molecule has 7 heteroatoms. The first-order valence-corrected chi connectivity index (χ1v) is 11.1. The number of aromatic nitrogens is 1. The maximum atomic E-state index is 14.1. The van der Waals surface area contributed by atoms with Gasteiger partial charge >= 0.3 is 0 Å². The topological polar surface area (TPSA) is 62.6 Å². The maximum Gasteiger partial charge on any atom is 0.273 e. The normalized spacial score (nSPS) is 16.0. The lowest BCUT2D eigenvalue weighted by Crippen LogP contribution is -2.33. The minimum absolute atomic E-state index is 0.127. The molecular formula is C27H25F2N3O2. The molecule has 0 radical (unpaired) electrons. The van der Waals surface area contributed by atoms with Crippen LogP contribution < -0.4 is 5.01 Å². The van der Waals surface area contributed by atoms with Gasteiger partial charge in [0.25, 0.3) is 11.8 Å². The van der Waals surface area contributed by atoms with Crippen LogP contribution in [0.1, 0.15) is 37.0 Å². The van der Waals surface area contributed by atoms with E-state index in [4.69, 9.17) is 0 Å². The van der Waals surface area contributed by atoms with Crippen LogP contribution in [-0.4, -0.2) is 22.4 Å². The first-order valence-electron chi connectivity index (χ1n) is 11.1. The van der Waals surface area contributed by atoms with E-state index in [-0.39, 0.29) is 24.2 Å². The molecule has 1 atom stereocenters. The molecule has 0 bridgehead atoms. The smallest absolute Gasteiger partial charge is 0.273 e. The predicted octanol–water partition coefficient (Wildman–Crippen LogP) is 5.71. The number of alkyl halides is 2. The standard InChI is InChI=1S/C27H25F2N3O2/c1-4-27(28,29)21-11-5-9-19(14-21)15-23(33)24-18(3)31-32(26(24)34)22-12-6-10-20(16-22)25-17(2)8-7-13-30-25/h5-14,16,24H,4,15H2,1-3H3. The van der Waals surface area contributed by atoms with Crippen LogP contribution in [0.25, 0.3) is 11.3 Å². The molecule has 174 valence electrons. The number of Topliss-reactive ketones (excluding diaryl/α,β-unsaturated/α-hetero) is 1. The molecule has 1 unspecified atom stereocenters. The summed E-state index contributed by atoms with van der Waals surface area (Å²) in [6.07, 6.45) is 1.25. The number of anilines is 1. The Balaban J connectivity index is 1.56. The SMILES string of the molecule is CCC(F)(F)c1cccc(CC(=O)C2C(=O)N(c3cccc(-c4ncccc4C)c3)N=C2C)c1. The van der Waals surface area contributed by atoms with Crippen LogP contribution in [0.5, 0.6) is 0 Å². The first kappa shape index (κ1) is 23.4. The van der Waals surface area contributed by atoms with Gasteiger partial charge in [-0.25, -0.2) is 8.78 Å². The van der Waals surface area contributed by atoms with Gasteiger partial charge in [0.05, 0.1) is 17.1 Å². The van der Waals surface area contributed by atoms with Crippen molar-refractivity contribution in [3.63, 3.8) is 0 Å². The molecule has 4 rings (SSSR count). The number of aryl methyl sites for hydroxylation is 1. The highest BCUT2D eigenvalue weighted by atomic mass is 19.3. The molecule has 0 fully saturated rings. The Morgan fingerprint density at radius 1 is 1.06 bits per heavy atom. The van der Waals surface area contributed by atoms with E-state index in [2.05, 4.69) is 10.1 Å². The first-order chi connectivity index (χ1) is 16.2. The molecule has 0 spiro atoms. The predicted molar refractivity (Wildman–Crippen MR) is 128 cm³/mol. The molecule has 0 aliphatic carbocycles. The van der Waals surface area contributed by atoms with Crippen LogP contribution in [0, 0.1) is 12.8 Å². The van der Waals surface area contributed by atoms with Gasteiger partial charge in [-0.2, -0.15) is 10.1 Å². The fraction of sp³-hybridized carbons (Fsp3) is 0.259. The zero-order chi connectivity index (χ0) is 24.5. The van der Waals surface area contributed by atoms with Crippen LogP contribution in [0.4, 0.5) is 14.5 Å². The number of rotatable bonds is 7. The summed E-state index contributed by atoms with van der Waals surface area (Å²) in [6.45, 7) is 5.00. The summed E-state index contributed by atoms with van der Waals surface area (Å²) in [6, 6.07) is 16.9. The van der Waals surface area contributed by atoms with Crippen molar-refractivity contribution in [2.75, 3.05) is 5.01 Å². The molecule has 2 heterocycles. The quantitative estimate of drug-likeness (QED) is 0.424. The van der Waals surface area contributed by atoms with Crippen LogP contribution in [0.15, 0.2) is 72.0 Å². The van der Waals surface area contributed by atoms with E-state index in [0.717, 1.165) is 16.8 Å². The number of carbonyl (C=O) groups excluding carboxylic acids is 2. The third-order valence-corrected chi connectivity index (χ3v) is 6.00. The molecule has 1 aromatic heterocycles. The molecule has 5 nitrogen and oxygen atoms in total. The molecule has 0 saturated heterocycles. The van der Waals surface area contributed by atoms with Gasteiger partial charge in [-0.1, -0.05) is 43.3 Å². The van der Waals surface area contributed by atoms with E-state index in [1.54, 1.807) is 25.3 Å². The fourth-order valence-corrected chi connectivity index (χ4v) is 4.11. The average Bonchev–Trinajstić information content (AvgIpc) is 3.13. The molecular weight excluding hydrogens is 436 g/mol. The van der Waals surface area contributed by atoms with Gasteiger partial charge in [0.15, 0.2) is 5.78 Å². The number of amides is 1. The summed E-state index contributed by atoms with van der Waals surface area (Å²) in [4.78, 5) is 30.7. The van der Waals surface area contributed by atoms with Crippen molar-refractivity contribution < 1.29 is 18.4 Å². The number of ketones is 1. The van der Waals surface area contributed by atoms with Gasteiger partial charge in [0.1, 0.15) is 5.92 Å². The third-order valence-electron chi connectivity index (χ3n) is 6.00. The molecule has 34 heavy (non-hydrogen) atoms. The Kier molecular flexibility index (Phi) is 6.37. The van der Waals surface area contributed by atoms with Crippen molar-refractivity contribution >= 4 is 23.1 Å². The Morgan fingerprint density at radius 3 is 2.56 bits per heavy atom. The summed E-state index contributed by atoms with van der Waals surface area (Å²) in [5, 5.41) is 5.59. The van der Waals surface area contributed by atoms with E-state index in [9.17, 15) is 18.4 Å². The van der Waals surface area contributed by atoms with Crippen LogP contribution >= 0.6 is 0 Å². The van der Waals surface area contributed by atoms with E-state index in [0.29, 0.717) is 17.0 Å². The summed E-state index contributed by atoms with van der Waals surface area (Å²) < 4.78 is 28.2. The van der Waals surface area contributed by atoms with Gasteiger partial charge in [0.2, 0.25) is 0 Å². The lowest BCUT2D eigenvalue weighted by molar-refractivity contribution is -0.128. The fourth-order valence-electron chi connectivity index (χ4n) is 4.11. The Bertz CT molecular complexity index is 1290. The number of nitrogens with zero attached hydrogens (tertiary/aromatic N) is 3. The minimum Gasteiger partial charge on any atom is -0.298 e. The Hall–Kier alpha value is -3.74. The lowest BCUT2D eigenvalue weighted by Gasteiger charge is -2.16.